The molecule has 130 valence electrons. The highest BCUT2D eigenvalue weighted by molar-refractivity contribution is 7.99. The van der Waals surface area contributed by atoms with Gasteiger partial charge in [0.1, 0.15) is 0 Å². The molecule has 0 unspecified atom stereocenters. The van der Waals surface area contributed by atoms with Gasteiger partial charge >= 0.3 is 0 Å². The molecule has 2 rings (SSSR count). The van der Waals surface area contributed by atoms with Crippen molar-refractivity contribution in [3.8, 4) is 0 Å². The van der Waals surface area contributed by atoms with Crippen molar-refractivity contribution in [1.82, 2.24) is 9.80 Å². The van der Waals surface area contributed by atoms with Crippen LogP contribution in [0.3, 0.4) is 0 Å². The van der Waals surface area contributed by atoms with Crippen LogP contribution in [-0.2, 0) is 6.54 Å². The Balaban J connectivity index is 1.61. The van der Waals surface area contributed by atoms with Crippen molar-refractivity contribution in [2.24, 2.45) is 0 Å². The van der Waals surface area contributed by atoms with Crippen molar-refractivity contribution in [2.75, 3.05) is 39.0 Å². The summed E-state index contributed by atoms with van der Waals surface area (Å²) in [7, 11) is 2.21. The van der Waals surface area contributed by atoms with E-state index in [1.165, 1.54) is 29.2 Å². The molecule has 0 aliphatic heterocycles. The third kappa shape index (κ3) is 7.52. The van der Waals surface area contributed by atoms with E-state index < -0.39 is 0 Å². The lowest BCUT2D eigenvalue weighted by molar-refractivity contribution is 0.229. The summed E-state index contributed by atoms with van der Waals surface area (Å²) in [5, 5.41) is 0. The maximum atomic E-state index is 2.56. The van der Waals surface area contributed by atoms with Gasteiger partial charge in [-0.25, -0.2) is 0 Å². The Hall–Kier alpha value is -1.29. The summed E-state index contributed by atoms with van der Waals surface area (Å²) >= 11 is 1.96. The minimum Gasteiger partial charge on any atom is -0.302 e. The zero-order valence-electron chi connectivity index (χ0n) is 15.0. The number of rotatable bonds is 11. The van der Waals surface area contributed by atoms with E-state index in [0.717, 1.165) is 26.2 Å². The second-order valence-electron chi connectivity index (χ2n) is 6.17. The number of likely N-dealkylation sites (N-methyl/N-ethyl adjacent to an activating group) is 2. The molecule has 2 aromatic carbocycles. The van der Waals surface area contributed by atoms with Crippen LogP contribution in [-0.4, -0.2) is 48.8 Å². The van der Waals surface area contributed by atoms with Crippen LogP contribution in [0.5, 0.6) is 0 Å². The summed E-state index contributed by atoms with van der Waals surface area (Å²) in [4.78, 5) is 6.35. The van der Waals surface area contributed by atoms with E-state index in [2.05, 4.69) is 84.4 Å². The summed E-state index contributed by atoms with van der Waals surface area (Å²) in [6.45, 7) is 7.89. The van der Waals surface area contributed by atoms with Crippen LogP contribution in [0.15, 0.2) is 65.6 Å². The van der Waals surface area contributed by atoms with E-state index in [0.29, 0.717) is 0 Å². The number of benzene rings is 2. The summed E-state index contributed by atoms with van der Waals surface area (Å²) in [6.07, 6.45) is 1.25. The van der Waals surface area contributed by atoms with Gasteiger partial charge in [-0.05, 0) is 50.0 Å². The van der Waals surface area contributed by atoms with Crippen molar-refractivity contribution in [3.05, 3.63) is 66.2 Å². The first-order valence-electron chi connectivity index (χ1n) is 8.90. The lowest BCUT2D eigenvalue weighted by Crippen LogP contribution is -2.33. The number of nitrogens with zero attached hydrogens (tertiary/aromatic N) is 2. The first-order valence-corrected chi connectivity index (χ1v) is 9.89. The number of hydrogen-bond donors (Lipinski definition) is 0. The van der Waals surface area contributed by atoms with Crippen LogP contribution >= 0.6 is 11.8 Å². The molecule has 0 amide bonds. The summed E-state index contributed by atoms with van der Waals surface area (Å²) in [5.74, 6) is 1.19. The summed E-state index contributed by atoms with van der Waals surface area (Å²) < 4.78 is 0. The Bertz CT molecular complexity index is 544. The number of thioether (sulfide) groups is 1. The topological polar surface area (TPSA) is 6.48 Å². The van der Waals surface area contributed by atoms with Gasteiger partial charge in [0.2, 0.25) is 0 Å². The zero-order valence-corrected chi connectivity index (χ0v) is 15.8. The van der Waals surface area contributed by atoms with Gasteiger partial charge in [0.25, 0.3) is 0 Å². The van der Waals surface area contributed by atoms with Gasteiger partial charge in [-0.1, -0.05) is 55.5 Å². The van der Waals surface area contributed by atoms with Crippen LogP contribution in [0.1, 0.15) is 18.9 Å². The predicted octanol–water partition coefficient (Wildman–Crippen LogP) is 4.62. The maximum absolute atomic E-state index is 2.56. The minimum atomic E-state index is 1.03. The van der Waals surface area contributed by atoms with Gasteiger partial charge < -0.3 is 9.80 Å². The Morgan fingerprint density at radius 1 is 0.833 bits per heavy atom. The van der Waals surface area contributed by atoms with E-state index in [1.54, 1.807) is 0 Å². The molecule has 24 heavy (non-hydrogen) atoms. The Kier molecular flexibility index (Phi) is 8.96. The van der Waals surface area contributed by atoms with Crippen molar-refractivity contribution >= 4 is 11.8 Å². The van der Waals surface area contributed by atoms with Crippen LogP contribution in [0.2, 0.25) is 0 Å². The van der Waals surface area contributed by atoms with Crippen molar-refractivity contribution < 1.29 is 0 Å². The molecule has 2 aromatic rings. The third-order valence-electron chi connectivity index (χ3n) is 4.17. The second-order valence-corrected chi connectivity index (χ2v) is 7.34. The quantitative estimate of drug-likeness (QED) is 0.434. The van der Waals surface area contributed by atoms with Gasteiger partial charge in [-0.2, -0.15) is 0 Å². The predicted molar refractivity (Wildman–Crippen MR) is 107 cm³/mol. The fourth-order valence-electron chi connectivity index (χ4n) is 2.71. The van der Waals surface area contributed by atoms with E-state index >= 15 is 0 Å². The lowest BCUT2D eigenvalue weighted by atomic mass is 10.2. The second kappa shape index (κ2) is 11.3. The smallest absolute Gasteiger partial charge is 0.0231 e. The highest BCUT2D eigenvalue weighted by atomic mass is 32.2. The molecule has 2 nitrogen and oxygen atoms in total. The Morgan fingerprint density at radius 2 is 1.50 bits per heavy atom. The molecule has 0 saturated carbocycles. The fourth-order valence-corrected chi connectivity index (χ4v) is 3.57. The molecule has 0 saturated heterocycles. The van der Waals surface area contributed by atoms with Gasteiger partial charge in [0.15, 0.2) is 0 Å². The highest BCUT2D eigenvalue weighted by Crippen LogP contribution is 2.17. The van der Waals surface area contributed by atoms with Crippen LogP contribution in [0.4, 0.5) is 0 Å². The van der Waals surface area contributed by atoms with Crippen LogP contribution in [0, 0.1) is 0 Å². The Morgan fingerprint density at radius 3 is 2.17 bits per heavy atom. The lowest BCUT2D eigenvalue weighted by Gasteiger charge is -2.24. The van der Waals surface area contributed by atoms with E-state index in [-0.39, 0.29) is 0 Å². The standard InChI is InChI=1S/C21H30N2S/c1-3-23(15-10-18-24-21-13-8-5-9-14-21)17-16-22(2)19-20-11-6-4-7-12-20/h4-9,11-14H,3,10,15-19H2,1-2H3. The Labute approximate surface area is 151 Å². The van der Waals surface area contributed by atoms with Gasteiger partial charge in [-0.15, -0.1) is 11.8 Å². The average molecular weight is 343 g/mol. The molecule has 3 heteroatoms. The largest absolute Gasteiger partial charge is 0.302 e. The SMILES string of the molecule is CCN(CCCSc1ccccc1)CCN(C)Cc1ccccc1. The molecule has 0 N–H and O–H groups in total. The van der Waals surface area contributed by atoms with Gasteiger partial charge in [0.05, 0.1) is 0 Å². The van der Waals surface area contributed by atoms with E-state index in [1.807, 2.05) is 11.8 Å². The molecule has 0 aliphatic carbocycles. The van der Waals surface area contributed by atoms with Crippen molar-refractivity contribution in [3.63, 3.8) is 0 Å². The van der Waals surface area contributed by atoms with Crippen molar-refractivity contribution in [2.45, 2.75) is 24.8 Å². The molecule has 0 fully saturated rings. The normalized spacial score (nSPS) is 11.3. The molecule has 0 radical (unpaired) electrons. The van der Waals surface area contributed by atoms with Crippen LogP contribution in [0.25, 0.3) is 0 Å². The average Bonchev–Trinajstić information content (AvgIpc) is 2.63. The summed E-state index contributed by atoms with van der Waals surface area (Å²) in [6, 6.07) is 21.4. The van der Waals surface area contributed by atoms with Gasteiger partial charge in [0, 0.05) is 24.5 Å². The molecular weight excluding hydrogens is 312 g/mol. The fraction of sp³-hybridized carbons (Fsp3) is 0.429. The molecule has 0 spiro atoms. The van der Waals surface area contributed by atoms with Crippen LogP contribution < -0.4 is 0 Å². The molecule has 0 bridgehead atoms. The first-order chi connectivity index (χ1) is 11.8. The molecule has 0 aliphatic rings. The zero-order chi connectivity index (χ0) is 17.0. The first kappa shape index (κ1) is 19.0. The maximum Gasteiger partial charge on any atom is 0.0231 e. The third-order valence-corrected chi connectivity index (χ3v) is 5.27. The van der Waals surface area contributed by atoms with E-state index in [4.69, 9.17) is 0 Å². The molecule has 0 heterocycles. The van der Waals surface area contributed by atoms with Crippen molar-refractivity contribution in [1.29, 1.82) is 0 Å². The molecule has 0 atom stereocenters. The molecular formula is C21H30N2S. The number of hydrogen-bond acceptors (Lipinski definition) is 3. The van der Waals surface area contributed by atoms with Gasteiger partial charge in [-0.3, -0.25) is 0 Å². The monoisotopic (exact) mass is 342 g/mol. The summed E-state index contributed by atoms with van der Waals surface area (Å²) in [5.41, 5.74) is 1.39. The minimum absolute atomic E-state index is 1.03. The highest BCUT2D eigenvalue weighted by Gasteiger charge is 2.05. The molecule has 0 aromatic heterocycles. The van der Waals surface area contributed by atoms with E-state index in [9.17, 15) is 0 Å².